The molecule has 1 saturated carbocycles. The van der Waals surface area contributed by atoms with Gasteiger partial charge in [0.15, 0.2) is 18.9 Å². The molecule has 18 atom stereocenters. The maximum Gasteiger partial charge on any atom is 0.321 e. The molecule has 3 saturated heterocycles. The molecule has 8 amide bonds. The van der Waals surface area contributed by atoms with Gasteiger partial charge in [-0.05, 0) is 38.5 Å². The molecule has 0 aromatic carbocycles. The van der Waals surface area contributed by atoms with Crippen LogP contribution in [0.15, 0.2) is 0 Å². The third-order valence-electron chi connectivity index (χ3n) is 14.9. The van der Waals surface area contributed by atoms with Crippen molar-refractivity contribution in [1.29, 1.82) is 0 Å². The summed E-state index contributed by atoms with van der Waals surface area (Å²) in [5, 5.41) is 112. The van der Waals surface area contributed by atoms with E-state index in [1.165, 1.54) is 20.8 Å². The fourth-order valence-corrected chi connectivity index (χ4v) is 11.2. The zero-order chi connectivity index (χ0) is 68.1. The van der Waals surface area contributed by atoms with Crippen LogP contribution >= 0.6 is 19.0 Å². The first kappa shape index (κ1) is 80.0. The highest BCUT2D eigenvalue weighted by Gasteiger charge is 2.48. The molecule has 0 bridgehead atoms. The Kier molecular flexibility index (Phi) is 36.1. The van der Waals surface area contributed by atoms with Crippen molar-refractivity contribution in [2.75, 3.05) is 98.9 Å². The first-order valence-corrected chi connectivity index (χ1v) is 33.0. The number of thiol groups is 1. The van der Waals surface area contributed by atoms with E-state index in [1.54, 1.807) is 0 Å². The van der Waals surface area contributed by atoms with Crippen LogP contribution in [0.3, 0.4) is 0 Å². The fraction of sp³-hybridized carbons (Fsp3) is 0.849. The predicted octanol–water partition coefficient (Wildman–Crippen LogP) is -8.63. The molecule has 0 aromatic rings. The molecular formula is C53H94N9O28PS. The lowest BCUT2D eigenvalue weighted by Gasteiger charge is -2.42. The van der Waals surface area contributed by atoms with Gasteiger partial charge in [0.25, 0.3) is 0 Å². The highest BCUT2D eigenvalue weighted by atomic mass is 32.7. The zero-order valence-corrected chi connectivity index (χ0v) is 53.3. The summed E-state index contributed by atoms with van der Waals surface area (Å²) in [6, 6.07) is -6.24. The smallest absolute Gasteiger partial charge is 0.321 e. The van der Waals surface area contributed by atoms with E-state index in [9.17, 15) is 88.9 Å². The van der Waals surface area contributed by atoms with E-state index in [0.717, 1.165) is 0 Å². The molecule has 18 unspecified atom stereocenters. The predicted molar refractivity (Wildman–Crippen MR) is 315 cm³/mol. The fourth-order valence-electron chi connectivity index (χ4n) is 10.2. The minimum Gasteiger partial charge on any atom is -0.394 e. The van der Waals surface area contributed by atoms with Crippen molar-refractivity contribution < 1.29 is 136 Å². The number of ether oxygens (including phenoxy) is 9. The minimum atomic E-state index is -3.62. The second kappa shape index (κ2) is 41.5. The van der Waals surface area contributed by atoms with Gasteiger partial charge in [0.1, 0.15) is 85.1 Å². The van der Waals surface area contributed by atoms with Crippen LogP contribution in [0, 0.1) is 5.92 Å². The number of rotatable bonds is 40. The lowest BCUT2D eigenvalue weighted by molar-refractivity contribution is -0.272. The lowest BCUT2D eigenvalue weighted by Crippen LogP contribution is -2.64. The Morgan fingerprint density at radius 2 is 0.848 bits per heavy atom. The molecule has 0 aromatic heterocycles. The van der Waals surface area contributed by atoms with Crippen LogP contribution in [0.5, 0.6) is 0 Å². The standard InChI is InChI=1S/C53H94N9O28PS/c1-27(66)58-39-45(74)42(71)34(24-63)87-51(39)84-21-18-81-15-12-55-37(69)10-8-32(49(78)56-13-16-82-19-22-85-52-40(59-28(2)67)46(75)43(72)35(25-64)88-52)61-38(70)11-9-33(62-48(77)30-4-6-31(7-5-30)90-91(54,80)92)50(79)57-14-17-83-20-23-86-53-41(60-29(3)68)47(76)44(73)36(26-65)89-53/h30-36,39-47,51-53,63-65,71-76H,4-26H2,1-3H3,(H,55,69)(H,56,78)(H,57,79)(H,58,66)(H,59,67)(H,60,68)(H,61,70)(H,62,77)(H3,54,80,92)/t30-,31+,32?,33?,34?,35?,36?,39?,40?,41?,42?,43?,44?,45?,46?,47?,51?,52?,53?,91?. The normalized spacial score (nSPS) is 30.3. The number of nitrogens with two attached hydrogens (primary N) is 1. The summed E-state index contributed by atoms with van der Waals surface area (Å²) in [7, 11) is 0. The van der Waals surface area contributed by atoms with E-state index in [2.05, 4.69) is 54.8 Å². The van der Waals surface area contributed by atoms with Gasteiger partial charge in [-0.25, -0.2) is 0 Å². The van der Waals surface area contributed by atoms with Crippen molar-refractivity contribution in [3.63, 3.8) is 0 Å². The number of hydrogen-bond acceptors (Lipinski definition) is 28. The van der Waals surface area contributed by atoms with Gasteiger partial charge in [-0.2, -0.15) is 0 Å². The van der Waals surface area contributed by atoms with E-state index in [-0.39, 0.29) is 111 Å². The number of amides is 8. The molecule has 4 aliphatic rings. The van der Waals surface area contributed by atoms with Crippen molar-refractivity contribution in [3.8, 4) is 0 Å². The molecule has 1 aliphatic carbocycles. The summed E-state index contributed by atoms with van der Waals surface area (Å²) in [6.07, 6.45) is -17.4. The summed E-state index contributed by atoms with van der Waals surface area (Å²) >= 11 is 3.79. The van der Waals surface area contributed by atoms with Crippen LogP contribution < -0.4 is 48.0 Å². The molecule has 39 heteroatoms. The Morgan fingerprint density at radius 1 is 0.500 bits per heavy atom. The van der Waals surface area contributed by atoms with Crippen molar-refractivity contribution in [3.05, 3.63) is 0 Å². The molecule has 4 rings (SSSR count). The molecule has 19 N–H and O–H groups in total. The average Bonchev–Trinajstić information content (AvgIpc) is 0.846. The van der Waals surface area contributed by atoms with Gasteiger partial charge in [-0.15, -0.1) is 0 Å². The summed E-state index contributed by atoms with van der Waals surface area (Å²) in [6.45, 7) is -3.35. The molecular weight excluding hydrogens is 1270 g/mol. The summed E-state index contributed by atoms with van der Waals surface area (Å²) < 4.78 is 67.5. The van der Waals surface area contributed by atoms with Gasteiger partial charge >= 0.3 is 6.72 Å². The second-order valence-electron chi connectivity index (χ2n) is 22.1. The SMILES string of the molecule is CC(=O)NC1C(OCCOCCNC(=O)CCC(NC(=O)CCC(NC(=O)[C@H]2CC[C@@H](OP(N)(=O)S)CC2)C(=O)NCCOCCOC2OC(CO)C(O)C(O)C2NC(C)=O)C(=O)NCCOCCOC2OC(CO)C(O)C(O)C2NC(C)=O)OC(CO)C(O)C1O. The van der Waals surface area contributed by atoms with E-state index in [4.69, 9.17) is 52.7 Å². The van der Waals surface area contributed by atoms with Crippen LogP contribution in [0.1, 0.15) is 72.1 Å². The number of carbonyl (C=O) groups excluding carboxylic acids is 8. The van der Waals surface area contributed by atoms with Crippen LogP contribution in [-0.2, 0) is 90.1 Å². The number of nitrogens with one attached hydrogen (secondary N) is 8. The first-order valence-electron chi connectivity index (χ1n) is 30.2. The molecule has 3 aliphatic heterocycles. The largest absolute Gasteiger partial charge is 0.394 e. The van der Waals surface area contributed by atoms with Gasteiger partial charge in [-0.3, -0.25) is 48.4 Å². The minimum absolute atomic E-state index is 0.0290. The second-order valence-corrected chi connectivity index (χ2v) is 25.1. The Balaban J connectivity index is 1.35. The van der Waals surface area contributed by atoms with Crippen molar-refractivity contribution in [2.45, 2.75) is 182 Å². The van der Waals surface area contributed by atoms with Crippen LogP contribution in [-0.4, -0.2) is 302 Å². The quantitative estimate of drug-likeness (QED) is 0.0154. The maximum atomic E-state index is 13.8. The summed E-state index contributed by atoms with van der Waals surface area (Å²) in [4.78, 5) is 103. The Labute approximate surface area is 535 Å². The molecule has 4 fully saturated rings. The van der Waals surface area contributed by atoms with Gasteiger partial charge < -0.3 is 136 Å². The van der Waals surface area contributed by atoms with Crippen molar-refractivity contribution in [1.82, 2.24) is 42.5 Å². The number of hydrogen-bond donors (Lipinski definition) is 19. The lowest BCUT2D eigenvalue weighted by atomic mass is 9.86. The van der Waals surface area contributed by atoms with E-state index >= 15 is 0 Å². The average molecular weight is 1370 g/mol. The van der Waals surface area contributed by atoms with Crippen molar-refractivity contribution >= 4 is 66.2 Å². The van der Waals surface area contributed by atoms with Crippen molar-refractivity contribution in [2.24, 2.45) is 11.4 Å². The van der Waals surface area contributed by atoms with Crippen LogP contribution in [0.2, 0.25) is 0 Å². The topological polar surface area (TPSA) is 550 Å². The Hall–Kier alpha value is -4.46. The first-order chi connectivity index (χ1) is 43.7. The van der Waals surface area contributed by atoms with Crippen LogP contribution in [0.4, 0.5) is 0 Å². The number of carbonyl (C=O) groups is 8. The molecule has 530 valence electrons. The molecule has 92 heavy (non-hydrogen) atoms. The molecule has 0 radical (unpaired) electrons. The van der Waals surface area contributed by atoms with E-state index < -0.39 is 196 Å². The maximum absolute atomic E-state index is 13.8. The van der Waals surface area contributed by atoms with Gasteiger partial charge in [0.05, 0.1) is 85.4 Å². The number of aliphatic hydroxyl groups excluding tert-OH is 9. The molecule has 0 spiro atoms. The Morgan fingerprint density at radius 3 is 1.20 bits per heavy atom. The highest BCUT2D eigenvalue weighted by Crippen LogP contribution is 2.46. The molecule has 37 nitrogen and oxygen atoms in total. The van der Waals surface area contributed by atoms with E-state index in [0.29, 0.717) is 12.8 Å². The highest BCUT2D eigenvalue weighted by molar-refractivity contribution is 8.45. The van der Waals surface area contributed by atoms with Gasteiger partial charge in [-0.1, -0.05) is 12.2 Å². The van der Waals surface area contributed by atoms with Gasteiger partial charge in [0.2, 0.25) is 47.3 Å². The van der Waals surface area contributed by atoms with E-state index in [1.807, 2.05) is 0 Å². The third kappa shape index (κ3) is 27.7. The molecule has 3 heterocycles. The summed E-state index contributed by atoms with van der Waals surface area (Å²) in [5.41, 5.74) is 5.47. The monoisotopic (exact) mass is 1370 g/mol. The third-order valence-corrected chi connectivity index (χ3v) is 15.8. The Bertz CT molecular complexity index is 2350. The summed E-state index contributed by atoms with van der Waals surface area (Å²) in [5.74, 6) is -5.60. The van der Waals surface area contributed by atoms with Crippen LogP contribution in [0.25, 0.3) is 0 Å². The zero-order valence-electron chi connectivity index (χ0n) is 51.5. The number of aliphatic hydroxyl groups is 9. The van der Waals surface area contributed by atoms with Gasteiger partial charge in [0, 0.05) is 59.2 Å².